The maximum absolute atomic E-state index is 13.0. The third-order valence-electron chi connectivity index (χ3n) is 5.19. The number of nitrogens with zero attached hydrogens (tertiary/aromatic N) is 1. The van der Waals surface area contributed by atoms with Crippen molar-refractivity contribution in [3.63, 3.8) is 0 Å². The van der Waals surface area contributed by atoms with Crippen LogP contribution in [-0.4, -0.2) is 21.4 Å². The number of sulfonamides is 1. The summed E-state index contributed by atoms with van der Waals surface area (Å²) >= 11 is 0. The van der Waals surface area contributed by atoms with E-state index in [9.17, 15) is 18.0 Å². The van der Waals surface area contributed by atoms with Gasteiger partial charge in [0, 0.05) is 24.1 Å². The van der Waals surface area contributed by atoms with Crippen molar-refractivity contribution >= 4 is 32.6 Å². The molecule has 0 radical (unpaired) electrons. The molecule has 168 valence electrons. The number of esters is 1. The van der Waals surface area contributed by atoms with Gasteiger partial charge in [-0.15, -0.1) is 0 Å². The van der Waals surface area contributed by atoms with E-state index in [1.54, 1.807) is 42.5 Å². The quantitative estimate of drug-likeness (QED) is 0.313. The van der Waals surface area contributed by atoms with E-state index < -0.39 is 21.6 Å². The van der Waals surface area contributed by atoms with Gasteiger partial charge in [0.2, 0.25) is 0 Å². The number of carbonyl (C=O) groups excluding carboxylic acids is 1. The minimum absolute atomic E-state index is 0.0374. The van der Waals surface area contributed by atoms with Crippen molar-refractivity contribution in [3.8, 4) is 0 Å². The molecule has 0 N–H and O–H groups in total. The Labute approximate surface area is 190 Å². The fourth-order valence-corrected chi connectivity index (χ4v) is 4.64. The van der Waals surface area contributed by atoms with Gasteiger partial charge in [-0.3, -0.25) is 4.31 Å². The first-order valence-corrected chi connectivity index (χ1v) is 11.5. The number of rotatable bonds is 6. The van der Waals surface area contributed by atoms with Crippen molar-refractivity contribution in [1.29, 1.82) is 0 Å². The molecule has 1 aromatic heterocycles. The summed E-state index contributed by atoms with van der Waals surface area (Å²) < 4.78 is 37.8. The van der Waals surface area contributed by atoms with Crippen LogP contribution in [0.5, 0.6) is 0 Å². The molecule has 0 atom stereocenters. The lowest BCUT2D eigenvalue weighted by Crippen LogP contribution is -2.26. The van der Waals surface area contributed by atoms with Gasteiger partial charge in [0.1, 0.15) is 12.2 Å². The molecule has 0 fully saturated rings. The maximum atomic E-state index is 13.0. The average Bonchev–Trinajstić information content (AvgIpc) is 2.82. The van der Waals surface area contributed by atoms with Crippen LogP contribution in [0, 0.1) is 6.92 Å². The first-order chi connectivity index (χ1) is 15.8. The summed E-state index contributed by atoms with van der Waals surface area (Å²) in [5.74, 6) is -0.706. The normalized spacial score (nSPS) is 11.3. The minimum atomic E-state index is -3.88. The largest absolute Gasteiger partial charge is 0.457 e. The first-order valence-electron chi connectivity index (χ1n) is 10.1. The number of carbonyl (C=O) groups is 1. The van der Waals surface area contributed by atoms with E-state index in [2.05, 4.69) is 0 Å². The van der Waals surface area contributed by atoms with Crippen LogP contribution in [0.4, 0.5) is 5.69 Å². The number of hydrogen-bond acceptors (Lipinski definition) is 6. The monoisotopic (exact) mass is 463 g/mol. The molecule has 4 rings (SSSR count). The molecule has 4 aromatic rings. The summed E-state index contributed by atoms with van der Waals surface area (Å²) in [6.07, 6.45) is 0. The van der Waals surface area contributed by atoms with Gasteiger partial charge in [0.15, 0.2) is 0 Å². The summed E-state index contributed by atoms with van der Waals surface area (Å²) in [5.41, 5.74) is 1.87. The summed E-state index contributed by atoms with van der Waals surface area (Å²) in [7, 11) is -2.43. The molecule has 0 unspecified atom stereocenters. The van der Waals surface area contributed by atoms with Crippen LogP contribution in [0.1, 0.15) is 21.5 Å². The Morgan fingerprint density at radius 2 is 1.73 bits per heavy atom. The van der Waals surface area contributed by atoms with E-state index in [4.69, 9.17) is 9.15 Å². The third kappa shape index (κ3) is 4.65. The Bertz CT molecular complexity index is 1490. The van der Waals surface area contributed by atoms with Crippen LogP contribution in [0.15, 0.2) is 93.0 Å². The molecule has 0 aliphatic carbocycles. The number of aryl methyl sites for hydroxylation is 1. The van der Waals surface area contributed by atoms with E-state index in [1.165, 1.54) is 37.4 Å². The highest BCUT2D eigenvalue weighted by atomic mass is 32.2. The van der Waals surface area contributed by atoms with E-state index in [-0.39, 0.29) is 17.1 Å². The molecule has 3 aromatic carbocycles. The highest BCUT2D eigenvalue weighted by Gasteiger charge is 2.22. The van der Waals surface area contributed by atoms with Crippen LogP contribution in [0.2, 0.25) is 0 Å². The van der Waals surface area contributed by atoms with Crippen LogP contribution in [0.25, 0.3) is 11.0 Å². The molecule has 0 spiro atoms. The van der Waals surface area contributed by atoms with Crippen molar-refractivity contribution in [2.75, 3.05) is 11.4 Å². The van der Waals surface area contributed by atoms with Gasteiger partial charge in [-0.05, 0) is 48.9 Å². The molecule has 0 bridgehead atoms. The van der Waals surface area contributed by atoms with E-state index in [0.717, 1.165) is 9.87 Å². The number of anilines is 1. The number of hydrogen-bond donors (Lipinski definition) is 0. The van der Waals surface area contributed by atoms with Gasteiger partial charge >= 0.3 is 11.6 Å². The summed E-state index contributed by atoms with van der Waals surface area (Å²) in [4.78, 5) is 24.5. The van der Waals surface area contributed by atoms with Crippen molar-refractivity contribution < 1.29 is 22.4 Å². The predicted molar refractivity (Wildman–Crippen MR) is 125 cm³/mol. The topological polar surface area (TPSA) is 93.9 Å². The van der Waals surface area contributed by atoms with Crippen molar-refractivity contribution in [2.45, 2.75) is 18.4 Å². The first kappa shape index (κ1) is 22.3. The lowest BCUT2D eigenvalue weighted by atomic mass is 10.1. The molecule has 0 saturated carbocycles. The van der Waals surface area contributed by atoms with Crippen LogP contribution >= 0.6 is 0 Å². The van der Waals surface area contributed by atoms with Crippen molar-refractivity contribution in [1.82, 2.24) is 0 Å². The Kier molecular flexibility index (Phi) is 6.02. The standard InChI is InChI=1S/C25H21NO6S/c1-17-11-12-22-19(15-24(27)32-23(22)13-17)16-31-25(28)18-7-6-10-21(14-18)33(29,30)26(2)20-8-4-3-5-9-20/h3-15H,16H2,1-2H3. The molecule has 7 nitrogen and oxygen atoms in total. The molecule has 8 heteroatoms. The number of benzene rings is 3. The highest BCUT2D eigenvalue weighted by molar-refractivity contribution is 7.92. The molecule has 0 aliphatic heterocycles. The molecule has 0 amide bonds. The van der Waals surface area contributed by atoms with Crippen LogP contribution in [-0.2, 0) is 21.4 Å². The van der Waals surface area contributed by atoms with Crippen molar-refractivity contribution in [2.24, 2.45) is 0 Å². The zero-order chi connectivity index (χ0) is 23.6. The van der Waals surface area contributed by atoms with Gasteiger partial charge in [-0.25, -0.2) is 18.0 Å². The summed E-state index contributed by atoms with van der Waals surface area (Å²) in [5, 5.41) is 0.661. The second-order valence-electron chi connectivity index (χ2n) is 7.50. The van der Waals surface area contributed by atoms with Gasteiger partial charge in [-0.1, -0.05) is 36.4 Å². The maximum Gasteiger partial charge on any atom is 0.338 e. The van der Waals surface area contributed by atoms with Crippen molar-refractivity contribution in [3.05, 3.63) is 106 Å². The SMILES string of the molecule is Cc1ccc2c(COC(=O)c3cccc(S(=O)(=O)N(C)c4ccccc4)c3)cc(=O)oc2c1. The number of fused-ring (bicyclic) bond motifs is 1. The molecule has 0 saturated heterocycles. The lowest BCUT2D eigenvalue weighted by Gasteiger charge is -2.19. The zero-order valence-electron chi connectivity index (χ0n) is 18.0. The van der Waals surface area contributed by atoms with Gasteiger partial charge < -0.3 is 9.15 Å². The van der Waals surface area contributed by atoms with Gasteiger partial charge in [0.05, 0.1) is 16.1 Å². The Morgan fingerprint density at radius 1 is 0.970 bits per heavy atom. The van der Waals surface area contributed by atoms with E-state index in [1.807, 2.05) is 13.0 Å². The fraction of sp³-hybridized carbons (Fsp3) is 0.120. The lowest BCUT2D eigenvalue weighted by molar-refractivity contribution is 0.0473. The average molecular weight is 464 g/mol. The Hall–Kier alpha value is -3.91. The number of para-hydroxylation sites is 1. The smallest absolute Gasteiger partial charge is 0.338 e. The van der Waals surface area contributed by atoms with Crippen LogP contribution < -0.4 is 9.93 Å². The van der Waals surface area contributed by atoms with Crippen LogP contribution in [0.3, 0.4) is 0 Å². The summed E-state index contributed by atoms with van der Waals surface area (Å²) in [6.45, 7) is 1.72. The molecule has 1 heterocycles. The predicted octanol–water partition coefficient (Wildman–Crippen LogP) is 4.28. The van der Waals surface area contributed by atoms with E-state index in [0.29, 0.717) is 22.2 Å². The summed E-state index contributed by atoms with van der Waals surface area (Å²) in [6, 6.07) is 21.0. The molecular weight excluding hydrogens is 442 g/mol. The van der Waals surface area contributed by atoms with Gasteiger partial charge in [0.25, 0.3) is 10.0 Å². The molecule has 33 heavy (non-hydrogen) atoms. The Morgan fingerprint density at radius 3 is 2.48 bits per heavy atom. The van der Waals surface area contributed by atoms with Gasteiger partial charge in [-0.2, -0.15) is 0 Å². The minimum Gasteiger partial charge on any atom is -0.457 e. The zero-order valence-corrected chi connectivity index (χ0v) is 18.8. The molecule has 0 aliphatic rings. The number of ether oxygens (including phenoxy) is 1. The molecular formula is C25H21NO6S. The second-order valence-corrected chi connectivity index (χ2v) is 9.47. The van der Waals surface area contributed by atoms with E-state index >= 15 is 0 Å². The third-order valence-corrected chi connectivity index (χ3v) is 6.97. The second kappa shape index (κ2) is 8.91. The fourth-order valence-electron chi connectivity index (χ4n) is 3.40. The highest BCUT2D eigenvalue weighted by Crippen LogP contribution is 2.23. The Balaban J connectivity index is 1.57.